The molecule has 0 aliphatic heterocycles. The Morgan fingerprint density at radius 2 is 1.33 bits per heavy atom. The molecule has 1 nitrogen and oxygen atoms in total. The summed E-state index contributed by atoms with van der Waals surface area (Å²) in [4.78, 5) is 0. The molecule has 0 aromatic carbocycles. The van der Waals surface area contributed by atoms with Gasteiger partial charge in [-0.15, -0.1) is 0 Å². The highest BCUT2D eigenvalue weighted by molar-refractivity contribution is 5.05. The summed E-state index contributed by atoms with van der Waals surface area (Å²) in [5.74, 6) is 0. The molecule has 72 valence electrons. The molecule has 0 aliphatic carbocycles. The molecule has 0 radical (unpaired) electrons. The van der Waals surface area contributed by atoms with E-state index >= 15 is 0 Å². The summed E-state index contributed by atoms with van der Waals surface area (Å²) in [6.07, 6.45) is 1.72. The van der Waals surface area contributed by atoms with Gasteiger partial charge in [-0.05, 0) is 19.5 Å². The van der Waals surface area contributed by atoms with Crippen molar-refractivity contribution in [3.8, 4) is 0 Å². The lowest BCUT2D eigenvalue weighted by Crippen LogP contribution is -1.98. The van der Waals surface area contributed by atoms with Crippen LogP contribution in [0.4, 0.5) is 0 Å². The second-order valence-electron chi connectivity index (χ2n) is 2.08. The molecule has 0 unspecified atom stereocenters. The van der Waals surface area contributed by atoms with Crippen molar-refractivity contribution in [3.05, 3.63) is 37.1 Å². The average molecular weight is 169 g/mol. The maximum Gasteiger partial charge on any atom is 0.00299 e. The Bertz CT molecular complexity index is 123. The Morgan fingerprint density at radius 1 is 1.17 bits per heavy atom. The fraction of sp³-hybridized carbons (Fsp3) is 0.455. The summed E-state index contributed by atoms with van der Waals surface area (Å²) >= 11 is 0. The zero-order chi connectivity index (χ0) is 10.6. The van der Waals surface area contributed by atoms with Crippen LogP contribution in [0.1, 0.15) is 27.7 Å². The quantitative estimate of drug-likeness (QED) is 0.624. The highest BCUT2D eigenvalue weighted by Crippen LogP contribution is 1.81. The fourth-order valence-corrected chi connectivity index (χ4v) is 0. The molecule has 0 fully saturated rings. The monoisotopic (exact) mass is 169 g/mol. The number of hydrogen-bond acceptors (Lipinski definition) is 1. The van der Waals surface area contributed by atoms with E-state index in [1.165, 1.54) is 0 Å². The zero-order valence-electron chi connectivity index (χ0n) is 9.20. The Labute approximate surface area is 77.9 Å². The predicted molar refractivity (Wildman–Crippen MR) is 60.2 cm³/mol. The van der Waals surface area contributed by atoms with E-state index in [4.69, 9.17) is 0 Å². The lowest BCUT2D eigenvalue weighted by molar-refractivity contribution is 0.999. The van der Waals surface area contributed by atoms with Crippen molar-refractivity contribution in [2.24, 2.45) is 0 Å². The van der Waals surface area contributed by atoms with Gasteiger partial charge < -0.3 is 5.32 Å². The van der Waals surface area contributed by atoms with E-state index in [1.54, 1.807) is 6.08 Å². The van der Waals surface area contributed by atoms with Crippen molar-refractivity contribution < 1.29 is 0 Å². The molecule has 1 heteroatoms. The first kappa shape index (κ1) is 17.2. The van der Waals surface area contributed by atoms with Crippen LogP contribution in [0.3, 0.4) is 0 Å². The Hall–Kier alpha value is -0.980. The summed E-state index contributed by atoms with van der Waals surface area (Å²) in [6, 6.07) is 0. The summed E-state index contributed by atoms with van der Waals surface area (Å²) < 4.78 is 0. The van der Waals surface area contributed by atoms with E-state index in [0.29, 0.717) is 0 Å². The van der Waals surface area contributed by atoms with Crippen molar-refractivity contribution in [2.45, 2.75) is 27.7 Å². The van der Waals surface area contributed by atoms with Gasteiger partial charge in [0.05, 0.1) is 0 Å². The first-order valence-electron chi connectivity index (χ1n) is 4.15. The van der Waals surface area contributed by atoms with Gasteiger partial charge in [0.25, 0.3) is 0 Å². The Morgan fingerprint density at radius 3 is 1.33 bits per heavy atom. The van der Waals surface area contributed by atoms with E-state index in [9.17, 15) is 0 Å². The molecule has 1 N–H and O–H groups in total. The van der Waals surface area contributed by atoms with Gasteiger partial charge in [0.2, 0.25) is 0 Å². The van der Waals surface area contributed by atoms with Gasteiger partial charge in [-0.25, -0.2) is 0 Å². The summed E-state index contributed by atoms with van der Waals surface area (Å²) in [5, 5.41) is 2.83. The minimum absolute atomic E-state index is 1.00. The molecule has 0 amide bonds. The lowest BCUT2D eigenvalue weighted by Gasteiger charge is -1.87. The van der Waals surface area contributed by atoms with Gasteiger partial charge >= 0.3 is 0 Å². The van der Waals surface area contributed by atoms with Crippen LogP contribution in [0.2, 0.25) is 0 Å². The highest BCUT2D eigenvalue weighted by atomic mass is 14.8. The topological polar surface area (TPSA) is 12.0 Å². The number of hydrogen-bond donors (Lipinski definition) is 1. The second kappa shape index (κ2) is 16.5. The van der Waals surface area contributed by atoms with E-state index in [-0.39, 0.29) is 0 Å². The third-order valence-electron chi connectivity index (χ3n) is 0.775. The number of nitrogens with one attached hydrogen (secondary N) is 1. The number of rotatable bonds is 2. The minimum Gasteiger partial charge on any atom is -0.392 e. The molecule has 0 heterocycles. The Balaban J connectivity index is -0.000000112. The van der Waals surface area contributed by atoms with Crippen LogP contribution in [0, 0.1) is 0 Å². The van der Waals surface area contributed by atoms with Crippen LogP contribution >= 0.6 is 0 Å². The van der Waals surface area contributed by atoms with Gasteiger partial charge in [-0.1, -0.05) is 45.2 Å². The van der Waals surface area contributed by atoms with Crippen molar-refractivity contribution in [1.29, 1.82) is 0 Å². The standard InChI is InChI=1S/C5H8.C4H9N.C2H6/c1-4-5(2)3;1-4(2)5-3;1-2/h4H,1-2H2,3H3;5H,1H2,2-3H3;1-2H3. The van der Waals surface area contributed by atoms with Gasteiger partial charge in [0.1, 0.15) is 0 Å². The molecule has 0 atom stereocenters. The van der Waals surface area contributed by atoms with Crippen LogP contribution in [0.5, 0.6) is 0 Å². The highest BCUT2D eigenvalue weighted by Gasteiger charge is 1.62. The predicted octanol–water partition coefficient (Wildman–Crippen LogP) is 3.51. The van der Waals surface area contributed by atoms with E-state index in [2.05, 4.69) is 25.1 Å². The van der Waals surface area contributed by atoms with Gasteiger partial charge in [-0.2, -0.15) is 0 Å². The van der Waals surface area contributed by atoms with Crippen LogP contribution in [0.15, 0.2) is 37.1 Å². The normalized spacial score (nSPS) is 6.08. The molecule has 0 aromatic rings. The SMILES string of the molecule is C=C(C)NC.C=CC(=C)C.CC. The van der Waals surface area contributed by atoms with E-state index in [1.807, 2.05) is 34.7 Å². The summed E-state index contributed by atoms with van der Waals surface area (Å²) in [5.41, 5.74) is 2.02. The molecule has 0 bridgehead atoms. The molecule has 0 rings (SSSR count). The maximum absolute atomic E-state index is 3.56. The van der Waals surface area contributed by atoms with Gasteiger partial charge in [0.15, 0.2) is 0 Å². The largest absolute Gasteiger partial charge is 0.392 e. The number of allylic oxidation sites excluding steroid dienone is 3. The van der Waals surface area contributed by atoms with Gasteiger partial charge in [-0.3, -0.25) is 0 Å². The summed E-state index contributed by atoms with van der Waals surface area (Å²) in [6.45, 7) is 18.4. The molecule has 0 spiro atoms. The molecular formula is C11H23N. The van der Waals surface area contributed by atoms with E-state index in [0.717, 1.165) is 11.3 Å². The minimum atomic E-state index is 1.00. The smallest absolute Gasteiger partial charge is 0.00299 e. The second-order valence-corrected chi connectivity index (χ2v) is 2.08. The zero-order valence-corrected chi connectivity index (χ0v) is 9.20. The third-order valence-corrected chi connectivity index (χ3v) is 0.775. The van der Waals surface area contributed by atoms with Crippen LogP contribution in [0.25, 0.3) is 0 Å². The van der Waals surface area contributed by atoms with Gasteiger partial charge in [0, 0.05) is 7.05 Å². The molecule has 0 aromatic heterocycles. The molecule has 0 saturated heterocycles. The molecule has 0 aliphatic rings. The molecular weight excluding hydrogens is 146 g/mol. The molecule has 12 heavy (non-hydrogen) atoms. The Kier molecular flexibility index (Phi) is 23.7. The van der Waals surface area contributed by atoms with Crippen LogP contribution < -0.4 is 5.32 Å². The maximum atomic E-state index is 3.56. The van der Waals surface area contributed by atoms with Crippen molar-refractivity contribution >= 4 is 0 Å². The third kappa shape index (κ3) is 63.6. The van der Waals surface area contributed by atoms with Crippen molar-refractivity contribution in [3.63, 3.8) is 0 Å². The lowest BCUT2D eigenvalue weighted by atomic mass is 10.4. The van der Waals surface area contributed by atoms with Crippen molar-refractivity contribution in [1.82, 2.24) is 5.32 Å². The summed E-state index contributed by atoms with van der Waals surface area (Å²) in [7, 11) is 1.85. The molecule has 0 saturated carbocycles. The first-order chi connectivity index (χ1) is 5.54. The van der Waals surface area contributed by atoms with Crippen molar-refractivity contribution in [2.75, 3.05) is 7.05 Å². The van der Waals surface area contributed by atoms with E-state index < -0.39 is 0 Å². The first-order valence-corrected chi connectivity index (χ1v) is 4.15. The average Bonchev–Trinajstić information content (AvgIpc) is 2.09. The fourth-order valence-electron chi connectivity index (χ4n) is 0. The van der Waals surface area contributed by atoms with Crippen LogP contribution in [-0.4, -0.2) is 7.05 Å². The van der Waals surface area contributed by atoms with Crippen LogP contribution in [-0.2, 0) is 0 Å².